The van der Waals surface area contributed by atoms with Crippen molar-refractivity contribution in [2.24, 2.45) is 5.92 Å². The van der Waals surface area contributed by atoms with Crippen LogP contribution in [0.15, 0.2) is 85.1 Å². The molecule has 46 heavy (non-hydrogen) atoms. The number of carbonyl (C=O) groups is 2. The second kappa shape index (κ2) is 11.6. The molecular weight excluding hydrogens is 599 g/mol. The van der Waals surface area contributed by atoms with Crippen LogP contribution in [0, 0.1) is 5.92 Å². The summed E-state index contributed by atoms with van der Waals surface area (Å²) in [6.45, 7) is 7.36. The Kier molecular flexibility index (Phi) is 7.67. The predicted molar refractivity (Wildman–Crippen MR) is 175 cm³/mol. The first-order valence-electron chi connectivity index (χ1n) is 15.9. The van der Waals surface area contributed by atoms with Gasteiger partial charge in [0.25, 0.3) is 5.91 Å². The molecule has 2 amide bonds. The van der Waals surface area contributed by atoms with Gasteiger partial charge in [-0.3, -0.25) is 14.3 Å². The van der Waals surface area contributed by atoms with Crippen LogP contribution in [-0.2, 0) is 33.0 Å². The fraction of sp³-hybridized carbons (Fsp3) is 0.371. The van der Waals surface area contributed by atoms with Gasteiger partial charge in [0.05, 0.1) is 24.5 Å². The number of anilines is 2. The molecule has 3 aromatic carbocycles. The van der Waals surface area contributed by atoms with Gasteiger partial charge in [0.15, 0.2) is 13.9 Å². The molecule has 5 atom stereocenters. The molecule has 4 aromatic rings. The van der Waals surface area contributed by atoms with Crippen molar-refractivity contribution in [3.63, 3.8) is 0 Å². The van der Waals surface area contributed by atoms with Crippen molar-refractivity contribution in [1.82, 2.24) is 15.0 Å². The van der Waals surface area contributed by atoms with Crippen LogP contribution < -0.4 is 9.80 Å². The number of aliphatic hydroxyl groups excluding tert-OH is 1. The molecule has 7 rings (SSSR count). The maximum atomic E-state index is 14.7. The summed E-state index contributed by atoms with van der Waals surface area (Å²) in [4.78, 5) is 41.9. The number of nitrogens with zero attached hydrogens (tertiary/aromatic N) is 5. The lowest BCUT2D eigenvalue weighted by Gasteiger charge is -2.32. The average molecular weight is 638 g/mol. The van der Waals surface area contributed by atoms with E-state index in [1.165, 1.54) is 0 Å². The summed E-state index contributed by atoms with van der Waals surface area (Å²) in [6, 6.07) is 24.9. The lowest BCUT2D eigenvalue weighted by Crippen LogP contribution is -2.46. The van der Waals surface area contributed by atoms with Gasteiger partial charge >= 0.3 is 0 Å². The first-order valence-corrected chi connectivity index (χ1v) is 18.9. The lowest BCUT2D eigenvalue weighted by atomic mass is 9.82. The second-order valence-electron chi connectivity index (χ2n) is 13.2. The highest BCUT2D eigenvalue weighted by Gasteiger charge is 2.66. The summed E-state index contributed by atoms with van der Waals surface area (Å²) >= 11 is 0. The number of amides is 2. The van der Waals surface area contributed by atoms with E-state index in [9.17, 15) is 19.5 Å². The maximum absolute atomic E-state index is 14.7. The standard InChI is InChI=1S/C35H39N5O5Si/c1-23-33(46(2,3)44)30(16-18-38-22-28(36-37-38)32(42)25-11-5-4-6-12-25)45-35(23)27-14-7-8-15-29(27)40(34(35)43)21-24-10-9-13-26(20-24)39-19-17-31(39)41/h4-15,20,22-23,30,32-33,42,44H,16-19,21H2,1-3H3/t23-,30+,32-,33-,35+/m1/s1. The Hall–Kier alpha value is -4.16. The first-order chi connectivity index (χ1) is 22.1. The number of fused-ring (bicyclic) bond motifs is 2. The number of para-hydroxylation sites is 1. The molecule has 2 fully saturated rings. The fourth-order valence-corrected chi connectivity index (χ4v) is 10.3. The van der Waals surface area contributed by atoms with E-state index < -0.39 is 26.1 Å². The number of β-lactam (4-membered cyclic amide) rings is 1. The van der Waals surface area contributed by atoms with Crippen LogP contribution >= 0.6 is 0 Å². The molecule has 10 nitrogen and oxygen atoms in total. The highest BCUT2D eigenvalue weighted by Crippen LogP contribution is 2.59. The first kappa shape index (κ1) is 30.5. The molecule has 1 spiro atoms. The van der Waals surface area contributed by atoms with E-state index >= 15 is 0 Å². The van der Waals surface area contributed by atoms with E-state index in [0.29, 0.717) is 38.2 Å². The number of ether oxygens (including phenoxy) is 1. The zero-order valence-electron chi connectivity index (χ0n) is 26.3. The minimum Gasteiger partial charge on any atom is -0.432 e. The number of aryl methyl sites for hydroxylation is 1. The number of hydrogen-bond donors (Lipinski definition) is 2. The van der Waals surface area contributed by atoms with Gasteiger partial charge in [-0.1, -0.05) is 72.8 Å². The van der Waals surface area contributed by atoms with Gasteiger partial charge in [-0.2, -0.15) is 0 Å². The van der Waals surface area contributed by atoms with Gasteiger partial charge < -0.3 is 24.4 Å². The third kappa shape index (κ3) is 5.07. The minimum atomic E-state index is -2.83. The highest BCUT2D eigenvalue weighted by atomic mass is 28.4. The topological polar surface area (TPSA) is 121 Å². The molecule has 1 aromatic heterocycles. The van der Waals surface area contributed by atoms with Crippen LogP contribution in [-0.4, -0.2) is 57.7 Å². The second-order valence-corrected chi connectivity index (χ2v) is 17.2. The van der Waals surface area contributed by atoms with E-state index in [-0.39, 0.29) is 23.3 Å². The highest BCUT2D eigenvalue weighted by molar-refractivity contribution is 6.71. The molecule has 2 saturated heterocycles. The Balaban J connectivity index is 1.15. The third-order valence-electron chi connectivity index (χ3n) is 9.90. The molecule has 0 saturated carbocycles. The van der Waals surface area contributed by atoms with Crippen LogP contribution in [0.2, 0.25) is 18.6 Å². The van der Waals surface area contributed by atoms with Gasteiger partial charge in [-0.15, -0.1) is 5.10 Å². The van der Waals surface area contributed by atoms with E-state index in [2.05, 4.69) is 10.3 Å². The predicted octanol–water partition coefficient (Wildman–Crippen LogP) is 4.53. The number of rotatable bonds is 9. The smallest absolute Gasteiger partial charge is 0.264 e. The van der Waals surface area contributed by atoms with Crippen LogP contribution in [0.5, 0.6) is 0 Å². The van der Waals surface area contributed by atoms with Crippen LogP contribution in [0.1, 0.15) is 48.3 Å². The Morgan fingerprint density at radius 2 is 1.80 bits per heavy atom. The van der Waals surface area contributed by atoms with Crippen molar-refractivity contribution < 1.29 is 24.2 Å². The van der Waals surface area contributed by atoms with Gasteiger partial charge in [0, 0.05) is 42.2 Å². The summed E-state index contributed by atoms with van der Waals surface area (Å²) in [5.41, 5.74) is 3.13. The Morgan fingerprint density at radius 1 is 1.04 bits per heavy atom. The number of carbonyl (C=O) groups excluding carboxylic acids is 2. The molecule has 3 aliphatic heterocycles. The normalized spacial score (nSPS) is 24.8. The van der Waals surface area contributed by atoms with Crippen LogP contribution in [0.25, 0.3) is 0 Å². The van der Waals surface area contributed by atoms with Crippen molar-refractivity contribution in [3.05, 3.63) is 107 Å². The Bertz CT molecular complexity index is 1770. The van der Waals surface area contributed by atoms with Gasteiger partial charge in [-0.05, 0) is 48.8 Å². The van der Waals surface area contributed by atoms with Gasteiger partial charge in [0.2, 0.25) is 5.91 Å². The molecule has 0 unspecified atom stereocenters. The Morgan fingerprint density at radius 3 is 2.52 bits per heavy atom. The monoisotopic (exact) mass is 637 g/mol. The fourth-order valence-electron chi connectivity index (χ4n) is 7.67. The third-order valence-corrected chi connectivity index (χ3v) is 12.4. The van der Waals surface area contributed by atoms with Crippen molar-refractivity contribution in [3.8, 4) is 0 Å². The summed E-state index contributed by atoms with van der Waals surface area (Å²) in [6.07, 6.45) is 1.52. The zero-order chi connectivity index (χ0) is 32.2. The lowest BCUT2D eigenvalue weighted by molar-refractivity contribution is -0.146. The van der Waals surface area contributed by atoms with Crippen molar-refractivity contribution in [2.45, 2.75) is 69.3 Å². The summed E-state index contributed by atoms with van der Waals surface area (Å²) in [5.74, 6) is -0.306. The maximum Gasteiger partial charge on any atom is 0.264 e. The van der Waals surface area contributed by atoms with Crippen molar-refractivity contribution in [1.29, 1.82) is 0 Å². The van der Waals surface area contributed by atoms with Crippen molar-refractivity contribution >= 4 is 31.5 Å². The molecule has 0 bridgehead atoms. The van der Waals surface area contributed by atoms with Crippen LogP contribution in [0.4, 0.5) is 11.4 Å². The van der Waals surface area contributed by atoms with Gasteiger partial charge in [-0.25, -0.2) is 0 Å². The summed E-state index contributed by atoms with van der Waals surface area (Å²) in [7, 11) is -2.83. The van der Waals surface area contributed by atoms with Crippen molar-refractivity contribution in [2.75, 3.05) is 16.3 Å². The average Bonchev–Trinajstić information content (AvgIpc) is 3.70. The molecule has 3 aliphatic rings. The number of hydrogen-bond acceptors (Lipinski definition) is 7. The molecule has 2 N–H and O–H groups in total. The molecule has 4 heterocycles. The molecule has 0 aliphatic carbocycles. The van der Waals surface area contributed by atoms with E-state index in [1.54, 1.807) is 20.7 Å². The largest absolute Gasteiger partial charge is 0.432 e. The molecule has 11 heteroatoms. The quantitative estimate of drug-likeness (QED) is 0.204. The van der Waals surface area contributed by atoms with E-state index in [0.717, 1.165) is 28.1 Å². The molecule has 238 valence electrons. The van der Waals surface area contributed by atoms with Gasteiger partial charge in [0.1, 0.15) is 11.8 Å². The molecule has 0 radical (unpaired) electrons. The number of aliphatic hydroxyl groups is 1. The SMILES string of the molecule is C[C@@H]1[C@@H]([Si](C)(C)O)[C@H](CCn2cc([C@H](O)c3ccccc3)nn2)O[C@@]12C(=O)N(Cc1cccc(N3CCC3=O)c1)c1ccccc12. The summed E-state index contributed by atoms with van der Waals surface area (Å²) < 4.78 is 8.63. The van der Waals surface area contributed by atoms with E-state index in [4.69, 9.17) is 4.74 Å². The Labute approximate surface area is 269 Å². The summed E-state index contributed by atoms with van der Waals surface area (Å²) in [5, 5.41) is 19.3. The molecular formula is C35H39N5O5Si. The number of benzene rings is 3. The zero-order valence-corrected chi connectivity index (χ0v) is 27.3. The minimum absolute atomic E-state index is 0.106. The van der Waals surface area contributed by atoms with Crippen LogP contribution in [0.3, 0.4) is 0 Å². The van der Waals surface area contributed by atoms with E-state index in [1.807, 2.05) is 98.9 Å². The number of aromatic nitrogens is 3.